The standard InChI is InChI=1S/C16H17Br2NO4S/c1-19(9-10-23-14-6-4-13(22-2)5-7-14)24(20,21)16-11-12(17)3-8-15(16)18/h3-8,11H,9-10H2,1-2H3. The van der Waals surface area contributed by atoms with Crippen LogP contribution in [0, 0.1) is 0 Å². The van der Waals surface area contributed by atoms with Crippen molar-refractivity contribution in [1.29, 1.82) is 0 Å². The van der Waals surface area contributed by atoms with Crippen molar-refractivity contribution in [2.45, 2.75) is 4.90 Å². The zero-order valence-corrected chi connectivity index (χ0v) is 17.2. The first kappa shape index (κ1) is 19.2. The molecule has 0 bridgehead atoms. The Labute approximate surface area is 158 Å². The molecule has 0 heterocycles. The van der Waals surface area contributed by atoms with Crippen LogP contribution in [0.3, 0.4) is 0 Å². The van der Waals surface area contributed by atoms with E-state index in [1.807, 2.05) is 0 Å². The van der Waals surface area contributed by atoms with Crippen LogP contribution in [0.5, 0.6) is 11.5 Å². The molecule has 8 heteroatoms. The van der Waals surface area contributed by atoms with Crippen molar-refractivity contribution < 1.29 is 17.9 Å². The van der Waals surface area contributed by atoms with Crippen molar-refractivity contribution >= 4 is 41.9 Å². The molecule has 130 valence electrons. The summed E-state index contributed by atoms with van der Waals surface area (Å²) in [6, 6.07) is 12.2. The predicted molar refractivity (Wildman–Crippen MR) is 100 cm³/mol. The van der Waals surface area contributed by atoms with Gasteiger partial charge in [0.2, 0.25) is 10.0 Å². The van der Waals surface area contributed by atoms with Crippen LogP contribution >= 0.6 is 31.9 Å². The monoisotopic (exact) mass is 477 g/mol. The maximum absolute atomic E-state index is 12.6. The highest BCUT2D eigenvalue weighted by Gasteiger charge is 2.23. The van der Waals surface area contributed by atoms with Crippen molar-refractivity contribution in [3.8, 4) is 11.5 Å². The highest BCUT2D eigenvalue weighted by Crippen LogP contribution is 2.27. The predicted octanol–water partition coefficient (Wildman–Crippen LogP) is 3.92. The minimum absolute atomic E-state index is 0.212. The minimum Gasteiger partial charge on any atom is -0.497 e. The molecule has 0 N–H and O–H groups in total. The molecule has 24 heavy (non-hydrogen) atoms. The Morgan fingerprint density at radius 1 is 1.04 bits per heavy atom. The average molecular weight is 479 g/mol. The molecular formula is C16H17Br2NO4S. The fourth-order valence-corrected chi connectivity index (χ4v) is 4.54. The number of benzene rings is 2. The lowest BCUT2D eigenvalue weighted by atomic mass is 10.3. The molecule has 2 rings (SSSR count). The summed E-state index contributed by atoms with van der Waals surface area (Å²) in [6.45, 7) is 0.473. The number of nitrogens with zero attached hydrogens (tertiary/aromatic N) is 1. The number of methoxy groups -OCH3 is 1. The van der Waals surface area contributed by atoms with Crippen LogP contribution in [0.1, 0.15) is 0 Å². The van der Waals surface area contributed by atoms with Crippen molar-refractivity contribution in [2.75, 3.05) is 27.3 Å². The Morgan fingerprint density at radius 3 is 2.29 bits per heavy atom. The maximum atomic E-state index is 12.6. The highest BCUT2D eigenvalue weighted by molar-refractivity contribution is 9.11. The second-order valence-electron chi connectivity index (χ2n) is 4.93. The molecule has 5 nitrogen and oxygen atoms in total. The molecule has 2 aromatic rings. The maximum Gasteiger partial charge on any atom is 0.244 e. The zero-order chi connectivity index (χ0) is 17.7. The minimum atomic E-state index is -3.60. The Morgan fingerprint density at radius 2 is 1.67 bits per heavy atom. The number of likely N-dealkylation sites (N-methyl/N-ethyl adjacent to an activating group) is 1. The topological polar surface area (TPSA) is 55.8 Å². The first-order valence-corrected chi connectivity index (χ1v) is 10.1. The summed E-state index contributed by atoms with van der Waals surface area (Å²) in [4.78, 5) is 0.212. The normalized spacial score (nSPS) is 11.5. The summed E-state index contributed by atoms with van der Waals surface area (Å²) in [5.41, 5.74) is 0. The SMILES string of the molecule is COc1ccc(OCCN(C)S(=O)(=O)c2cc(Br)ccc2Br)cc1. The first-order valence-electron chi connectivity index (χ1n) is 7.03. The van der Waals surface area contributed by atoms with E-state index in [9.17, 15) is 8.42 Å². The fourth-order valence-electron chi connectivity index (χ4n) is 1.93. The van der Waals surface area contributed by atoms with E-state index in [1.165, 1.54) is 11.4 Å². The highest BCUT2D eigenvalue weighted by atomic mass is 79.9. The number of sulfonamides is 1. The Bertz CT molecular complexity index is 794. The van der Waals surface area contributed by atoms with Gasteiger partial charge in [-0.1, -0.05) is 15.9 Å². The summed E-state index contributed by atoms with van der Waals surface area (Å²) in [7, 11) is -0.480. The van der Waals surface area contributed by atoms with Gasteiger partial charge >= 0.3 is 0 Å². The van der Waals surface area contributed by atoms with Gasteiger partial charge in [-0.2, -0.15) is 4.31 Å². The molecule has 0 aliphatic heterocycles. The average Bonchev–Trinajstić information content (AvgIpc) is 2.57. The number of rotatable bonds is 7. The molecule has 0 atom stereocenters. The van der Waals surface area contributed by atoms with Crippen LogP contribution in [0.25, 0.3) is 0 Å². The summed E-state index contributed by atoms with van der Waals surface area (Å²) in [5, 5.41) is 0. The Balaban J connectivity index is 2.00. The quantitative estimate of drug-likeness (QED) is 0.605. The second-order valence-corrected chi connectivity index (χ2v) is 8.71. The van der Waals surface area contributed by atoms with Crippen LogP contribution < -0.4 is 9.47 Å². The summed E-state index contributed by atoms with van der Waals surface area (Å²) in [5.74, 6) is 1.40. The van der Waals surface area contributed by atoms with Crippen LogP contribution in [-0.2, 0) is 10.0 Å². The van der Waals surface area contributed by atoms with E-state index in [0.717, 1.165) is 5.75 Å². The molecule has 0 fully saturated rings. The van der Waals surface area contributed by atoms with E-state index >= 15 is 0 Å². The van der Waals surface area contributed by atoms with Gasteiger partial charge in [-0.3, -0.25) is 0 Å². The van der Waals surface area contributed by atoms with Crippen LogP contribution in [-0.4, -0.2) is 40.0 Å². The number of halogens is 2. The lowest BCUT2D eigenvalue weighted by molar-refractivity contribution is 0.286. The zero-order valence-electron chi connectivity index (χ0n) is 13.2. The van der Waals surface area contributed by atoms with Crippen molar-refractivity contribution in [1.82, 2.24) is 4.31 Å². The molecular weight excluding hydrogens is 462 g/mol. The number of ether oxygens (including phenoxy) is 2. The van der Waals surface area contributed by atoms with Gasteiger partial charge in [-0.05, 0) is 58.4 Å². The number of hydrogen-bond acceptors (Lipinski definition) is 4. The van der Waals surface area contributed by atoms with Gasteiger partial charge in [-0.15, -0.1) is 0 Å². The van der Waals surface area contributed by atoms with Gasteiger partial charge in [0, 0.05) is 22.5 Å². The van der Waals surface area contributed by atoms with E-state index < -0.39 is 10.0 Å². The van der Waals surface area contributed by atoms with Gasteiger partial charge in [0.1, 0.15) is 18.1 Å². The second kappa shape index (κ2) is 8.33. The van der Waals surface area contributed by atoms with Gasteiger partial charge in [0.05, 0.1) is 12.0 Å². The van der Waals surface area contributed by atoms with Gasteiger partial charge in [0.15, 0.2) is 0 Å². The van der Waals surface area contributed by atoms with Crippen molar-refractivity contribution in [2.24, 2.45) is 0 Å². The molecule has 0 saturated carbocycles. The molecule has 0 saturated heterocycles. The molecule has 0 aliphatic carbocycles. The Hall–Kier alpha value is -1.09. The van der Waals surface area contributed by atoms with Crippen molar-refractivity contribution in [3.63, 3.8) is 0 Å². The lowest BCUT2D eigenvalue weighted by Crippen LogP contribution is -2.31. The van der Waals surface area contributed by atoms with Gasteiger partial charge in [-0.25, -0.2) is 8.42 Å². The smallest absolute Gasteiger partial charge is 0.244 e. The summed E-state index contributed by atoms with van der Waals surface area (Å²) in [6.07, 6.45) is 0. The largest absolute Gasteiger partial charge is 0.497 e. The van der Waals surface area contributed by atoms with Crippen LogP contribution in [0.15, 0.2) is 56.3 Å². The lowest BCUT2D eigenvalue weighted by Gasteiger charge is -2.18. The summed E-state index contributed by atoms with van der Waals surface area (Å²) < 4.78 is 38.4. The van der Waals surface area contributed by atoms with E-state index in [-0.39, 0.29) is 18.0 Å². The van der Waals surface area contributed by atoms with Crippen LogP contribution in [0.4, 0.5) is 0 Å². The van der Waals surface area contributed by atoms with E-state index in [0.29, 0.717) is 14.7 Å². The third-order valence-electron chi connectivity index (χ3n) is 3.32. The van der Waals surface area contributed by atoms with E-state index in [4.69, 9.17) is 9.47 Å². The fraction of sp³-hybridized carbons (Fsp3) is 0.250. The molecule has 0 spiro atoms. The molecule has 0 unspecified atom stereocenters. The van der Waals surface area contributed by atoms with E-state index in [1.54, 1.807) is 49.6 Å². The third kappa shape index (κ3) is 4.72. The van der Waals surface area contributed by atoms with Crippen molar-refractivity contribution in [3.05, 3.63) is 51.4 Å². The molecule has 2 aromatic carbocycles. The molecule has 0 amide bonds. The van der Waals surface area contributed by atoms with Gasteiger partial charge < -0.3 is 9.47 Å². The van der Waals surface area contributed by atoms with E-state index in [2.05, 4.69) is 31.9 Å². The Kier molecular flexibility index (Phi) is 6.68. The number of hydrogen-bond donors (Lipinski definition) is 0. The summed E-state index contributed by atoms with van der Waals surface area (Å²) >= 11 is 6.58. The third-order valence-corrected chi connectivity index (χ3v) is 6.66. The first-order chi connectivity index (χ1) is 11.3. The molecule has 0 aromatic heterocycles. The molecule has 0 aliphatic rings. The van der Waals surface area contributed by atoms with Gasteiger partial charge in [0.25, 0.3) is 0 Å². The molecule has 0 radical (unpaired) electrons. The van der Waals surface area contributed by atoms with Crippen LogP contribution in [0.2, 0.25) is 0 Å².